The second kappa shape index (κ2) is 6.79. The summed E-state index contributed by atoms with van der Waals surface area (Å²) in [6.07, 6.45) is -0.800. The molecule has 0 aliphatic carbocycles. The van der Waals surface area contributed by atoms with Gasteiger partial charge in [-0.3, -0.25) is 0 Å². The molecular formula is C12H19ClFNO2. The molecule has 0 aliphatic rings. The lowest BCUT2D eigenvalue weighted by Crippen LogP contribution is -2.31. The van der Waals surface area contributed by atoms with E-state index in [9.17, 15) is 9.50 Å². The van der Waals surface area contributed by atoms with Crippen molar-refractivity contribution in [2.24, 2.45) is 11.7 Å². The largest absolute Gasteiger partial charge is 0.496 e. The van der Waals surface area contributed by atoms with Crippen molar-refractivity contribution < 1.29 is 14.2 Å². The van der Waals surface area contributed by atoms with E-state index in [2.05, 4.69) is 0 Å². The van der Waals surface area contributed by atoms with Crippen molar-refractivity contribution >= 4 is 12.4 Å². The Morgan fingerprint density at radius 1 is 1.35 bits per heavy atom. The van der Waals surface area contributed by atoms with E-state index in [4.69, 9.17) is 10.5 Å². The maximum absolute atomic E-state index is 13.6. The average Bonchev–Trinajstić information content (AvgIpc) is 2.26. The third-order valence-corrected chi connectivity index (χ3v) is 2.62. The molecule has 0 fully saturated rings. The molecule has 17 heavy (non-hydrogen) atoms. The van der Waals surface area contributed by atoms with E-state index in [-0.39, 0.29) is 23.9 Å². The first-order chi connectivity index (χ1) is 7.49. The van der Waals surface area contributed by atoms with Gasteiger partial charge in [-0.1, -0.05) is 19.9 Å². The number of aliphatic hydroxyl groups is 1. The van der Waals surface area contributed by atoms with Gasteiger partial charge < -0.3 is 15.6 Å². The highest BCUT2D eigenvalue weighted by molar-refractivity contribution is 5.85. The van der Waals surface area contributed by atoms with Gasteiger partial charge in [0, 0.05) is 5.56 Å². The first-order valence-electron chi connectivity index (χ1n) is 5.25. The number of methoxy groups -OCH3 is 1. The van der Waals surface area contributed by atoms with Crippen molar-refractivity contribution in [3.8, 4) is 5.75 Å². The van der Waals surface area contributed by atoms with Crippen LogP contribution in [0.4, 0.5) is 4.39 Å². The third kappa shape index (κ3) is 3.56. The van der Waals surface area contributed by atoms with Crippen LogP contribution < -0.4 is 10.5 Å². The molecule has 0 unspecified atom stereocenters. The van der Waals surface area contributed by atoms with Crippen LogP contribution in [0.1, 0.15) is 25.5 Å². The summed E-state index contributed by atoms with van der Waals surface area (Å²) >= 11 is 0. The van der Waals surface area contributed by atoms with Crippen LogP contribution >= 0.6 is 12.4 Å². The van der Waals surface area contributed by atoms with E-state index >= 15 is 0 Å². The predicted molar refractivity (Wildman–Crippen MR) is 68.0 cm³/mol. The molecule has 0 heterocycles. The van der Waals surface area contributed by atoms with Gasteiger partial charge in [-0.2, -0.15) is 0 Å². The van der Waals surface area contributed by atoms with Gasteiger partial charge in [0.15, 0.2) is 0 Å². The average molecular weight is 264 g/mol. The highest BCUT2D eigenvalue weighted by Crippen LogP contribution is 2.30. The number of aliphatic hydroxyl groups excluding tert-OH is 1. The molecule has 1 aromatic carbocycles. The van der Waals surface area contributed by atoms with Crippen molar-refractivity contribution in [2.45, 2.75) is 26.0 Å². The van der Waals surface area contributed by atoms with E-state index in [0.717, 1.165) is 0 Å². The molecule has 1 aromatic rings. The zero-order chi connectivity index (χ0) is 12.3. The summed E-state index contributed by atoms with van der Waals surface area (Å²) in [7, 11) is 1.45. The molecule has 0 aliphatic heterocycles. The van der Waals surface area contributed by atoms with Crippen molar-refractivity contribution in [3.05, 3.63) is 29.6 Å². The summed E-state index contributed by atoms with van der Waals surface area (Å²) in [6.45, 7) is 3.66. The fourth-order valence-electron chi connectivity index (χ4n) is 1.60. The fraction of sp³-hybridized carbons (Fsp3) is 0.500. The van der Waals surface area contributed by atoms with Crippen molar-refractivity contribution in [1.29, 1.82) is 0 Å². The Labute approximate surface area is 107 Å². The molecule has 98 valence electrons. The van der Waals surface area contributed by atoms with Gasteiger partial charge in [-0.15, -0.1) is 12.4 Å². The van der Waals surface area contributed by atoms with Crippen molar-refractivity contribution in [2.75, 3.05) is 7.11 Å². The zero-order valence-corrected chi connectivity index (χ0v) is 11.0. The van der Waals surface area contributed by atoms with Crippen LogP contribution in [-0.2, 0) is 0 Å². The number of ether oxygens (including phenoxy) is 1. The highest BCUT2D eigenvalue weighted by atomic mass is 35.5. The molecule has 0 saturated carbocycles. The summed E-state index contributed by atoms with van der Waals surface area (Å²) in [5, 5.41) is 9.85. The summed E-state index contributed by atoms with van der Waals surface area (Å²) in [4.78, 5) is 0. The molecule has 3 nitrogen and oxygen atoms in total. The summed E-state index contributed by atoms with van der Waals surface area (Å²) in [5.41, 5.74) is 6.07. The normalized spacial score (nSPS) is 14.1. The van der Waals surface area contributed by atoms with Gasteiger partial charge in [0.2, 0.25) is 0 Å². The van der Waals surface area contributed by atoms with Crippen molar-refractivity contribution in [3.63, 3.8) is 0 Å². The Morgan fingerprint density at radius 3 is 2.41 bits per heavy atom. The standard InChI is InChI=1S/C12H18FNO2.ClH/c1-7(2)12(15)11(14)10-8(13)5-4-6-9(10)16-3;/h4-7,11-12,15H,14H2,1-3H3;1H/t11-,12+;/m1./s1. The summed E-state index contributed by atoms with van der Waals surface area (Å²) in [5.74, 6) is -0.127. The van der Waals surface area contributed by atoms with Crippen LogP contribution in [0.15, 0.2) is 18.2 Å². The summed E-state index contributed by atoms with van der Waals surface area (Å²) in [6, 6.07) is 3.71. The molecule has 1 rings (SSSR count). The molecule has 0 bridgehead atoms. The Balaban J connectivity index is 0.00000256. The fourth-order valence-corrected chi connectivity index (χ4v) is 1.60. The molecule has 0 amide bonds. The van der Waals surface area contributed by atoms with Gasteiger partial charge in [-0.05, 0) is 18.1 Å². The smallest absolute Gasteiger partial charge is 0.131 e. The molecular weight excluding hydrogens is 245 g/mol. The van der Waals surface area contributed by atoms with Crippen LogP contribution in [-0.4, -0.2) is 18.3 Å². The minimum Gasteiger partial charge on any atom is -0.496 e. The third-order valence-electron chi connectivity index (χ3n) is 2.62. The number of rotatable bonds is 4. The van der Waals surface area contributed by atoms with Gasteiger partial charge in [-0.25, -0.2) is 4.39 Å². The lowest BCUT2D eigenvalue weighted by molar-refractivity contribution is 0.0955. The van der Waals surface area contributed by atoms with Crippen LogP contribution in [0.5, 0.6) is 5.75 Å². The van der Waals surface area contributed by atoms with E-state index in [1.165, 1.54) is 13.2 Å². The number of halogens is 2. The van der Waals surface area contributed by atoms with Gasteiger partial charge in [0.1, 0.15) is 11.6 Å². The van der Waals surface area contributed by atoms with Gasteiger partial charge in [0.25, 0.3) is 0 Å². The first kappa shape index (κ1) is 16.2. The first-order valence-corrected chi connectivity index (χ1v) is 5.25. The lowest BCUT2D eigenvalue weighted by atomic mass is 9.93. The molecule has 0 aromatic heterocycles. The molecule has 3 N–H and O–H groups in total. The molecule has 0 saturated heterocycles. The number of benzene rings is 1. The van der Waals surface area contributed by atoms with Crippen molar-refractivity contribution in [1.82, 2.24) is 0 Å². The van der Waals surface area contributed by atoms with Gasteiger partial charge >= 0.3 is 0 Å². The van der Waals surface area contributed by atoms with Gasteiger partial charge in [0.05, 0.1) is 19.3 Å². The van der Waals surface area contributed by atoms with Crippen LogP contribution in [0.2, 0.25) is 0 Å². The Hall–Kier alpha value is -0.840. The van der Waals surface area contributed by atoms with E-state index in [1.54, 1.807) is 12.1 Å². The van der Waals surface area contributed by atoms with Crippen LogP contribution in [0.25, 0.3) is 0 Å². The second-order valence-corrected chi connectivity index (χ2v) is 4.12. The van der Waals surface area contributed by atoms with E-state index < -0.39 is 18.0 Å². The predicted octanol–water partition coefficient (Wildman–Crippen LogP) is 2.27. The number of nitrogens with two attached hydrogens (primary N) is 1. The Bertz CT molecular complexity index is 360. The topological polar surface area (TPSA) is 55.5 Å². The minimum atomic E-state index is -0.800. The number of hydrogen-bond acceptors (Lipinski definition) is 3. The SMILES string of the molecule is COc1cccc(F)c1[C@@H](N)[C@@H](O)C(C)C.Cl. The van der Waals surface area contributed by atoms with Crippen LogP contribution in [0.3, 0.4) is 0 Å². The highest BCUT2D eigenvalue weighted by Gasteiger charge is 2.25. The monoisotopic (exact) mass is 263 g/mol. The maximum Gasteiger partial charge on any atom is 0.131 e. The molecule has 5 heteroatoms. The second-order valence-electron chi connectivity index (χ2n) is 4.12. The Morgan fingerprint density at radius 2 is 1.94 bits per heavy atom. The molecule has 0 spiro atoms. The van der Waals surface area contributed by atoms with Crippen LogP contribution in [0, 0.1) is 11.7 Å². The van der Waals surface area contributed by atoms with E-state index in [0.29, 0.717) is 5.75 Å². The molecule has 2 atom stereocenters. The molecule has 0 radical (unpaired) electrons. The zero-order valence-electron chi connectivity index (χ0n) is 10.2. The maximum atomic E-state index is 13.6. The minimum absolute atomic E-state index is 0. The van der Waals surface area contributed by atoms with E-state index in [1.807, 2.05) is 13.8 Å². The number of hydrogen-bond donors (Lipinski definition) is 2. The Kier molecular flexibility index (Phi) is 6.45. The summed E-state index contributed by atoms with van der Waals surface area (Å²) < 4.78 is 18.7. The quantitative estimate of drug-likeness (QED) is 0.876. The lowest BCUT2D eigenvalue weighted by Gasteiger charge is -2.24.